The van der Waals surface area contributed by atoms with Crippen LogP contribution in [-0.4, -0.2) is 24.5 Å². The lowest BCUT2D eigenvalue weighted by atomic mass is 10.1. The average Bonchev–Trinajstić information content (AvgIpc) is 3.14. The molecule has 5 rings (SSSR count). The topological polar surface area (TPSA) is 42.0 Å². The lowest BCUT2D eigenvalue weighted by molar-refractivity contribution is -0.119. The molecule has 1 amide bonds. The first-order valence-corrected chi connectivity index (χ1v) is 9.30. The summed E-state index contributed by atoms with van der Waals surface area (Å²) in [5, 5.41) is 0. The molecular weight excluding hydrogens is 352 g/mol. The number of rotatable bonds is 3. The van der Waals surface area contributed by atoms with Crippen molar-refractivity contribution >= 4 is 17.3 Å². The number of amides is 1. The Labute approximate surface area is 163 Å². The minimum Gasteiger partial charge on any atom is -0.496 e. The lowest BCUT2D eigenvalue weighted by Crippen LogP contribution is -2.37. The third-order valence-electron chi connectivity index (χ3n) is 5.27. The molecule has 28 heavy (non-hydrogen) atoms. The van der Waals surface area contributed by atoms with E-state index in [1.165, 1.54) is 11.1 Å². The molecule has 5 nitrogen and oxygen atoms in total. The smallest absolute Gasteiger partial charge is 0.245 e. The van der Waals surface area contributed by atoms with E-state index in [-0.39, 0.29) is 5.91 Å². The molecule has 0 fully saturated rings. The first kappa shape index (κ1) is 16.8. The molecule has 0 bridgehead atoms. The van der Waals surface area contributed by atoms with E-state index in [2.05, 4.69) is 11.0 Å². The van der Waals surface area contributed by atoms with Crippen molar-refractivity contribution in [2.45, 2.75) is 13.1 Å². The van der Waals surface area contributed by atoms with E-state index in [1.807, 2.05) is 60.7 Å². The van der Waals surface area contributed by atoms with Crippen molar-refractivity contribution in [3.05, 3.63) is 77.9 Å². The molecule has 0 saturated heterocycles. The number of nitrogens with zero attached hydrogens (tertiary/aromatic N) is 2. The van der Waals surface area contributed by atoms with E-state index in [0.717, 1.165) is 23.7 Å². The van der Waals surface area contributed by atoms with Crippen molar-refractivity contribution in [1.82, 2.24) is 4.90 Å². The van der Waals surface area contributed by atoms with Crippen molar-refractivity contribution in [2.75, 3.05) is 18.6 Å². The highest BCUT2D eigenvalue weighted by Crippen LogP contribution is 2.46. The van der Waals surface area contributed by atoms with Crippen LogP contribution in [0.25, 0.3) is 0 Å². The molecule has 5 heteroatoms. The molecule has 0 saturated carbocycles. The Balaban J connectivity index is 1.44. The number of hydrogen-bond donors (Lipinski definition) is 0. The summed E-state index contributed by atoms with van der Waals surface area (Å²) in [6, 6.07) is 21.4. The number of fused-ring (bicyclic) bond motifs is 3. The van der Waals surface area contributed by atoms with Gasteiger partial charge < -0.3 is 9.47 Å². The summed E-state index contributed by atoms with van der Waals surface area (Å²) in [4.78, 5) is 17.3. The zero-order valence-electron chi connectivity index (χ0n) is 15.6. The first-order chi connectivity index (χ1) is 13.7. The zero-order chi connectivity index (χ0) is 19.1. The molecule has 2 aliphatic rings. The zero-order valence-corrected chi connectivity index (χ0v) is 15.6. The highest BCUT2D eigenvalue weighted by Gasteiger charge is 2.31. The van der Waals surface area contributed by atoms with Gasteiger partial charge in [0.25, 0.3) is 0 Å². The number of ether oxygens (including phenoxy) is 2. The van der Waals surface area contributed by atoms with Gasteiger partial charge in [-0.1, -0.05) is 36.4 Å². The second-order valence-corrected chi connectivity index (χ2v) is 7.01. The Kier molecular flexibility index (Phi) is 4.02. The molecule has 0 spiro atoms. The summed E-state index contributed by atoms with van der Waals surface area (Å²) in [5.74, 6) is 2.30. The molecule has 3 aromatic carbocycles. The van der Waals surface area contributed by atoms with Crippen LogP contribution < -0.4 is 14.4 Å². The van der Waals surface area contributed by atoms with Gasteiger partial charge in [0.05, 0.1) is 25.0 Å². The SMILES string of the molecule is COc1cccc2c1CN(CC(=O)N1c3ccccc3Oc3ccccc31)C2. The van der Waals surface area contributed by atoms with Gasteiger partial charge in [-0.25, -0.2) is 0 Å². The monoisotopic (exact) mass is 372 g/mol. The highest BCUT2D eigenvalue weighted by atomic mass is 16.5. The van der Waals surface area contributed by atoms with E-state index in [1.54, 1.807) is 12.0 Å². The minimum atomic E-state index is 0.0231. The maximum Gasteiger partial charge on any atom is 0.245 e. The van der Waals surface area contributed by atoms with Gasteiger partial charge in [-0.3, -0.25) is 14.6 Å². The number of carbonyl (C=O) groups is 1. The molecule has 0 atom stereocenters. The summed E-state index contributed by atoms with van der Waals surface area (Å²) in [6.07, 6.45) is 0. The Hall–Kier alpha value is -3.31. The van der Waals surface area contributed by atoms with E-state index in [4.69, 9.17) is 9.47 Å². The largest absolute Gasteiger partial charge is 0.496 e. The van der Waals surface area contributed by atoms with Crippen molar-refractivity contribution in [2.24, 2.45) is 0 Å². The van der Waals surface area contributed by atoms with E-state index in [9.17, 15) is 4.79 Å². The van der Waals surface area contributed by atoms with Crippen LogP contribution in [0.2, 0.25) is 0 Å². The van der Waals surface area contributed by atoms with Crippen molar-refractivity contribution < 1.29 is 14.3 Å². The van der Waals surface area contributed by atoms with E-state index in [0.29, 0.717) is 24.6 Å². The van der Waals surface area contributed by atoms with Gasteiger partial charge in [0.2, 0.25) is 5.91 Å². The van der Waals surface area contributed by atoms with Gasteiger partial charge in [0.15, 0.2) is 11.5 Å². The Morgan fingerprint density at radius 2 is 1.61 bits per heavy atom. The summed E-state index contributed by atoms with van der Waals surface area (Å²) in [6.45, 7) is 1.77. The summed E-state index contributed by atoms with van der Waals surface area (Å²) in [7, 11) is 1.69. The standard InChI is InChI=1S/C23H20N2O3/c1-27-20-12-6-7-16-13-24(14-17(16)20)15-23(26)25-18-8-2-4-10-21(18)28-22-11-5-3-9-19(22)25/h2-12H,13-15H2,1H3. The molecule has 140 valence electrons. The lowest BCUT2D eigenvalue weighted by Gasteiger charge is -2.32. The summed E-state index contributed by atoms with van der Waals surface area (Å²) in [5.41, 5.74) is 3.94. The number of anilines is 2. The number of hydrogen-bond acceptors (Lipinski definition) is 4. The van der Waals surface area contributed by atoms with Crippen LogP contribution >= 0.6 is 0 Å². The summed E-state index contributed by atoms with van der Waals surface area (Å²) >= 11 is 0. The van der Waals surface area contributed by atoms with Gasteiger partial charge in [-0.05, 0) is 35.9 Å². The van der Waals surface area contributed by atoms with Gasteiger partial charge in [-0.2, -0.15) is 0 Å². The third-order valence-corrected chi connectivity index (χ3v) is 5.27. The minimum absolute atomic E-state index is 0.0231. The number of benzene rings is 3. The molecule has 0 radical (unpaired) electrons. The van der Waals surface area contributed by atoms with Crippen LogP contribution in [-0.2, 0) is 17.9 Å². The quantitative estimate of drug-likeness (QED) is 0.680. The second-order valence-electron chi connectivity index (χ2n) is 7.01. The third kappa shape index (κ3) is 2.72. The van der Waals surface area contributed by atoms with Crippen LogP contribution in [0.1, 0.15) is 11.1 Å². The second kappa shape index (κ2) is 6.69. The van der Waals surface area contributed by atoms with Crippen LogP contribution in [0.4, 0.5) is 11.4 Å². The van der Waals surface area contributed by atoms with Crippen LogP contribution in [0.15, 0.2) is 66.7 Å². The normalized spacial score (nSPS) is 14.7. The van der Waals surface area contributed by atoms with Gasteiger partial charge >= 0.3 is 0 Å². The fourth-order valence-corrected chi connectivity index (χ4v) is 4.00. The fraction of sp³-hybridized carbons (Fsp3) is 0.174. The molecule has 0 unspecified atom stereocenters. The predicted octanol–water partition coefficient (Wildman–Crippen LogP) is 4.48. The molecule has 0 aliphatic carbocycles. The Bertz CT molecular complexity index is 1020. The Morgan fingerprint density at radius 3 is 2.29 bits per heavy atom. The average molecular weight is 372 g/mol. The van der Waals surface area contributed by atoms with E-state index < -0.39 is 0 Å². The van der Waals surface area contributed by atoms with Gasteiger partial charge in [0.1, 0.15) is 5.75 Å². The Morgan fingerprint density at radius 1 is 0.929 bits per heavy atom. The first-order valence-electron chi connectivity index (χ1n) is 9.30. The molecule has 3 aromatic rings. The molecule has 0 N–H and O–H groups in total. The van der Waals surface area contributed by atoms with E-state index >= 15 is 0 Å². The highest BCUT2D eigenvalue weighted by molar-refractivity contribution is 6.05. The van der Waals surface area contributed by atoms with Crippen molar-refractivity contribution in [3.63, 3.8) is 0 Å². The summed E-state index contributed by atoms with van der Waals surface area (Å²) < 4.78 is 11.5. The van der Waals surface area contributed by atoms with Crippen molar-refractivity contribution in [1.29, 1.82) is 0 Å². The maximum absolute atomic E-state index is 13.4. The molecule has 2 aliphatic heterocycles. The van der Waals surface area contributed by atoms with Crippen LogP contribution in [0, 0.1) is 0 Å². The fourth-order valence-electron chi connectivity index (χ4n) is 4.00. The van der Waals surface area contributed by atoms with Gasteiger partial charge in [0, 0.05) is 18.7 Å². The maximum atomic E-state index is 13.4. The van der Waals surface area contributed by atoms with Gasteiger partial charge in [-0.15, -0.1) is 0 Å². The number of para-hydroxylation sites is 4. The number of carbonyl (C=O) groups excluding carboxylic acids is 1. The predicted molar refractivity (Wildman–Crippen MR) is 107 cm³/mol. The molecular formula is C23H20N2O3. The van der Waals surface area contributed by atoms with Crippen LogP contribution in [0.5, 0.6) is 17.2 Å². The van der Waals surface area contributed by atoms with Crippen molar-refractivity contribution in [3.8, 4) is 17.2 Å². The number of methoxy groups -OCH3 is 1. The molecule has 0 aromatic heterocycles. The van der Waals surface area contributed by atoms with Crippen LogP contribution in [0.3, 0.4) is 0 Å². The molecule has 2 heterocycles.